The monoisotopic (exact) mass is 346 g/mol. The maximum absolute atomic E-state index is 12.2. The summed E-state index contributed by atoms with van der Waals surface area (Å²) in [6, 6.07) is 20.6. The van der Waals surface area contributed by atoms with E-state index in [9.17, 15) is 9.59 Å². The van der Waals surface area contributed by atoms with E-state index in [-0.39, 0.29) is 0 Å². The molecule has 3 aromatic rings. The minimum atomic E-state index is -0.467. The Kier molecular flexibility index (Phi) is 5.13. The minimum absolute atomic E-state index is 0.363. The molecule has 0 saturated heterocycles. The van der Waals surface area contributed by atoms with Gasteiger partial charge in [0.25, 0.3) is 0 Å². The Labute approximate surface area is 152 Å². The van der Waals surface area contributed by atoms with E-state index in [0.717, 1.165) is 11.1 Å². The summed E-state index contributed by atoms with van der Waals surface area (Å²) in [5.41, 5.74) is 3.00. The van der Waals surface area contributed by atoms with Gasteiger partial charge < -0.3 is 9.47 Å². The van der Waals surface area contributed by atoms with Crippen LogP contribution in [0, 0.1) is 13.8 Å². The third kappa shape index (κ3) is 4.36. The van der Waals surface area contributed by atoms with Gasteiger partial charge in [-0.15, -0.1) is 0 Å². The zero-order valence-electron chi connectivity index (χ0n) is 14.6. The molecule has 0 aliphatic heterocycles. The van der Waals surface area contributed by atoms with Crippen molar-refractivity contribution in [2.45, 2.75) is 13.8 Å². The van der Waals surface area contributed by atoms with Crippen LogP contribution in [0.2, 0.25) is 0 Å². The second kappa shape index (κ2) is 7.66. The average Bonchev–Trinajstić information content (AvgIpc) is 2.64. The van der Waals surface area contributed by atoms with Crippen molar-refractivity contribution < 1.29 is 19.1 Å². The molecule has 0 fully saturated rings. The topological polar surface area (TPSA) is 52.6 Å². The molecule has 4 heteroatoms. The SMILES string of the molecule is Cc1ccc(OC(=O)c2ccc(OC(=O)c3ccc(C)cc3)cc2)cc1. The van der Waals surface area contributed by atoms with Crippen molar-refractivity contribution in [2.75, 3.05) is 0 Å². The minimum Gasteiger partial charge on any atom is -0.423 e. The molecule has 0 unspecified atom stereocenters. The number of hydrogen-bond donors (Lipinski definition) is 0. The van der Waals surface area contributed by atoms with E-state index >= 15 is 0 Å². The molecule has 0 N–H and O–H groups in total. The van der Waals surface area contributed by atoms with E-state index in [2.05, 4.69) is 0 Å². The molecule has 0 spiro atoms. The second-order valence-electron chi connectivity index (χ2n) is 5.98. The molecule has 0 bridgehead atoms. The number of hydrogen-bond acceptors (Lipinski definition) is 4. The fourth-order valence-electron chi connectivity index (χ4n) is 2.29. The number of benzene rings is 3. The summed E-state index contributed by atoms with van der Waals surface area (Å²) >= 11 is 0. The lowest BCUT2D eigenvalue weighted by molar-refractivity contribution is 0.0730. The van der Waals surface area contributed by atoms with Gasteiger partial charge in [0, 0.05) is 0 Å². The average molecular weight is 346 g/mol. The van der Waals surface area contributed by atoms with Gasteiger partial charge in [-0.3, -0.25) is 0 Å². The molecule has 0 saturated carbocycles. The maximum atomic E-state index is 12.2. The highest BCUT2D eigenvalue weighted by Crippen LogP contribution is 2.17. The molecule has 130 valence electrons. The van der Waals surface area contributed by atoms with Gasteiger partial charge >= 0.3 is 11.9 Å². The van der Waals surface area contributed by atoms with Crippen molar-refractivity contribution in [3.05, 3.63) is 95.1 Å². The van der Waals surface area contributed by atoms with Crippen LogP contribution in [0.25, 0.3) is 0 Å². The summed E-state index contributed by atoms with van der Waals surface area (Å²) in [5.74, 6) is -0.0665. The van der Waals surface area contributed by atoms with Gasteiger partial charge in [0.15, 0.2) is 0 Å². The molecule has 0 aliphatic rings. The lowest BCUT2D eigenvalue weighted by Gasteiger charge is -2.07. The van der Waals surface area contributed by atoms with Gasteiger partial charge in [-0.2, -0.15) is 0 Å². The Morgan fingerprint density at radius 1 is 0.538 bits per heavy atom. The summed E-state index contributed by atoms with van der Waals surface area (Å²) < 4.78 is 10.6. The number of esters is 2. The number of ether oxygens (including phenoxy) is 2. The summed E-state index contributed by atoms with van der Waals surface area (Å²) in [5, 5.41) is 0. The van der Waals surface area contributed by atoms with Crippen molar-refractivity contribution in [1.29, 1.82) is 0 Å². The van der Waals surface area contributed by atoms with Crippen LogP contribution in [0.5, 0.6) is 11.5 Å². The van der Waals surface area contributed by atoms with Crippen LogP contribution in [0.4, 0.5) is 0 Å². The molecule has 3 rings (SSSR count). The van der Waals surface area contributed by atoms with E-state index in [1.807, 2.05) is 38.1 Å². The van der Waals surface area contributed by atoms with Gasteiger partial charge in [0.1, 0.15) is 11.5 Å². The van der Waals surface area contributed by atoms with Gasteiger partial charge in [-0.05, 0) is 62.4 Å². The van der Waals surface area contributed by atoms with Crippen LogP contribution in [-0.2, 0) is 0 Å². The van der Waals surface area contributed by atoms with Crippen LogP contribution >= 0.6 is 0 Å². The molecule has 4 nitrogen and oxygen atoms in total. The number of aryl methyl sites for hydroxylation is 2. The number of carbonyl (C=O) groups is 2. The Morgan fingerprint density at radius 3 is 1.27 bits per heavy atom. The second-order valence-corrected chi connectivity index (χ2v) is 5.98. The van der Waals surface area contributed by atoms with Crippen molar-refractivity contribution in [2.24, 2.45) is 0 Å². The first-order valence-electron chi connectivity index (χ1n) is 8.19. The van der Waals surface area contributed by atoms with E-state index in [1.165, 1.54) is 0 Å². The number of carbonyl (C=O) groups excluding carboxylic acids is 2. The highest BCUT2D eigenvalue weighted by Gasteiger charge is 2.11. The molecule has 0 aliphatic carbocycles. The van der Waals surface area contributed by atoms with Gasteiger partial charge in [0.2, 0.25) is 0 Å². The quantitative estimate of drug-likeness (QED) is 0.506. The zero-order chi connectivity index (χ0) is 18.5. The van der Waals surface area contributed by atoms with E-state index in [1.54, 1.807) is 48.5 Å². The molecule has 0 atom stereocenters. The predicted molar refractivity (Wildman–Crippen MR) is 98.7 cm³/mol. The fourth-order valence-corrected chi connectivity index (χ4v) is 2.29. The standard InChI is InChI=1S/C22H18O4/c1-15-3-7-17(8-4-15)21(23)26-20-13-9-18(10-14-20)22(24)25-19-11-5-16(2)6-12-19/h3-14H,1-2H3. The smallest absolute Gasteiger partial charge is 0.343 e. The van der Waals surface area contributed by atoms with Crippen LogP contribution < -0.4 is 9.47 Å². The van der Waals surface area contributed by atoms with Crippen molar-refractivity contribution in [3.63, 3.8) is 0 Å². The first-order chi connectivity index (χ1) is 12.5. The van der Waals surface area contributed by atoms with E-state index in [4.69, 9.17) is 9.47 Å². The largest absolute Gasteiger partial charge is 0.423 e. The lowest BCUT2D eigenvalue weighted by Crippen LogP contribution is -2.10. The summed E-state index contributed by atoms with van der Waals surface area (Å²) in [7, 11) is 0. The third-order valence-corrected chi connectivity index (χ3v) is 3.82. The Balaban J connectivity index is 1.64. The van der Waals surface area contributed by atoms with E-state index < -0.39 is 11.9 Å². The van der Waals surface area contributed by atoms with Crippen LogP contribution in [0.1, 0.15) is 31.8 Å². The molecular weight excluding hydrogens is 328 g/mol. The van der Waals surface area contributed by atoms with Gasteiger partial charge in [-0.25, -0.2) is 9.59 Å². The molecule has 0 radical (unpaired) electrons. The molecule has 26 heavy (non-hydrogen) atoms. The van der Waals surface area contributed by atoms with Crippen LogP contribution in [0.3, 0.4) is 0 Å². The molecular formula is C22H18O4. The highest BCUT2D eigenvalue weighted by atomic mass is 16.5. The Bertz CT molecular complexity index is 908. The summed E-state index contributed by atoms with van der Waals surface area (Å²) in [6.45, 7) is 3.91. The van der Waals surface area contributed by atoms with Crippen LogP contribution in [-0.4, -0.2) is 11.9 Å². The van der Waals surface area contributed by atoms with E-state index in [0.29, 0.717) is 22.6 Å². The zero-order valence-corrected chi connectivity index (χ0v) is 14.6. The molecule has 0 amide bonds. The predicted octanol–water partition coefficient (Wildman–Crippen LogP) is 4.74. The molecule has 0 heterocycles. The fraction of sp³-hybridized carbons (Fsp3) is 0.0909. The Hall–Kier alpha value is -3.40. The molecule has 3 aromatic carbocycles. The Morgan fingerprint density at radius 2 is 0.846 bits per heavy atom. The van der Waals surface area contributed by atoms with Crippen LogP contribution in [0.15, 0.2) is 72.8 Å². The molecule has 0 aromatic heterocycles. The number of rotatable bonds is 4. The summed E-state index contributed by atoms with van der Waals surface area (Å²) in [6.07, 6.45) is 0. The normalized spacial score (nSPS) is 10.2. The van der Waals surface area contributed by atoms with Gasteiger partial charge in [-0.1, -0.05) is 35.4 Å². The van der Waals surface area contributed by atoms with Crippen molar-refractivity contribution >= 4 is 11.9 Å². The first-order valence-corrected chi connectivity index (χ1v) is 8.19. The van der Waals surface area contributed by atoms with Crippen molar-refractivity contribution in [3.8, 4) is 11.5 Å². The maximum Gasteiger partial charge on any atom is 0.343 e. The van der Waals surface area contributed by atoms with Crippen molar-refractivity contribution in [1.82, 2.24) is 0 Å². The highest BCUT2D eigenvalue weighted by molar-refractivity contribution is 5.92. The third-order valence-electron chi connectivity index (χ3n) is 3.82. The first kappa shape index (κ1) is 17.4. The van der Waals surface area contributed by atoms with Gasteiger partial charge in [0.05, 0.1) is 11.1 Å². The summed E-state index contributed by atoms with van der Waals surface area (Å²) in [4.78, 5) is 24.3. The lowest BCUT2D eigenvalue weighted by atomic mass is 10.1.